The van der Waals surface area contributed by atoms with Crippen molar-refractivity contribution < 1.29 is 38.4 Å². The highest BCUT2D eigenvalue weighted by atomic mass is 16.7. The van der Waals surface area contributed by atoms with E-state index in [9.17, 15) is 14.4 Å². The molecule has 2 rings (SSSR count). The summed E-state index contributed by atoms with van der Waals surface area (Å²) in [7, 11) is 1.24. The van der Waals surface area contributed by atoms with Crippen molar-refractivity contribution in [3.05, 3.63) is 0 Å². The topological polar surface area (TPSA) is 108 Å². The number of methoxy groups -OCH3 is 1. The summed E-state index contributed by atoms with van der Waals surface area (Å²) in [5, 5.41) is 9.15. The number of carbonyl (C=O) groups is 3. The van der Waals surface area contributed by atoms with Crippen LogP contribution in [0.4, 0.5) is 0 Å². The first kappa shape index (κ1) is 18.7. The monoisotopic (exact) mass is 344 g/mol. The minimum Gasteiger partial charge on any atom is -0.481 e. The van der Waals surface area contributed by atoms with Gasteiger partial charge in [0.05, 0.1) is 25.6 Å². The van der Waals surface area contributed by atoms with Gasteiger partial charge in [-0.25, -0.2) is 0 Å². The minimum absolute atomic E-state index is 0.247. The van der Waals surface area contributed by atoms with Crippen molar-refractivity contribution in [2.45, 2.75) is 57.5 Å². The van der Waals surface area contributed by atoms with Crippen molar-refractivity contribution in [1.29, 1.82) is 0 Å². The van der Waals surface area contributed by atoms with E-state index in [1.165, 1.54) is 14.0 Å². The van der Waals surface area contributed by atoms with Gasteiger partial charge in [-0.05, 0) is 19.3 Å². The van der Waals surface area contributed by atoms with Crippen LogP contribution in [0.25, 0.3) is 0 Å². The molecule has 8 nitrogen and oxygen atoms in total. The van der Waals surface area contributed by atoms with Crippen LogP contribution in [-0.2, 0) is 33.3 Å². The van der Waals surface area contributed by atoms with E-state index in [2.05, 4.69) is 0 Å². The summed E-state index contributed by atoms with van der Waals surface area (Å²) in [6.07, 6.45) is 0.851. The van der Waals surface area contributed by atoms with Gasteiger partial charge in [0, 0.05) is 25.9 Å². The van der Waals surface area contributed by atoms with Crippen molar-refractivity contribution in [3.8, 4) is 0 Å². The van der Waals surface area contributed by atoms with Gasteiger partial charge in [-0.2, -0.15) is 0 Å². The summed E-state index contributed by atoms with van der Waals surface area (Å²) in [4.78, 5) is 34.7. The number of hydrogen-bond acceptors (Lipinski definition) is 7. The van der Waals surface area contributed by atoms with E-state index in [0.29, 0.717) is 13.0 Å². The van der Waals surface area contributed by atoms with Crippen LogP contribution in [0.5, 0.6) is 0 Å². The number of carboxylic acid groups (broad SMARTS) is 1. The highest BCUT2D eigenvalue weighted by molar-refractivity contribution is 5.76. The predicted molar refractivity (Wildman–Crippen MR) is 79.9 cm³/mol. The molecular formula is C16H24O8. The van der Waals surface area contributed by atoms with Crippen molar-refractivity contribution in [2.24, 2.45) is 11.8 Å². The molecule has 1 aliphatic carbocycles. The van der Waals surface area contributed by atoms with Gasteiger partial charge in [-0.1, -0.05) is 0 Å². The summed E-state index contributed by atoms with van der Waals surface area (Å²) < 4.78 is 21.5. The number of hydrogen-bond donors (Lipinski definition) is 1. The third-order valence-electron chi connectivity index (χ3n) is 4.47. The summed E-state index contributed by atoms with van der Waals surface area (Å²) >= 11 is 0. The van der Waals surface area contributed by atoms with Gasteiger partial charge in [0.2, 0.25) is 0 Å². The zero-order valence-electron chi connectivity index (χ0n) is 13.9. The fourth-order valence-corrected chi connectivity index (χ4v) is 3.48. The van der Waals surface area contributed by atoms with Gasteiger partial charge >= 0.3 is 17.9 Å². The predicted octanol–water partition coefficient (Wildman–Crippen LogP) is 1.11. The van der Waals surface area contributed by atoms with Crippen molar-refractivity contribution >= 4 is 17.9 Å². The first-order valence-corrected chi connectivity index (χ1v) is 8.16. The van der Waals surface area contributed by atoms with Crippen LogP contribution < -0.4 is 0 Å². The van der Waals surface area contributed by atoms with Crippen molar-refractivity contribution in [1.82, 2.24) is 0 Å². The summed E-state index contributed by atoms with van der Waals surface area (Å²) in [6.45, 7) is 1.84. The highest BCUT2D eigenvalue weighted by Gasteiger charge is 2.51. The Morgan fingerprint density at radius 2 is 1.96 bits per heavy atom. The molecular weight excluding hydrogens is 320 g/mol. The molecule has 0 amide bonds. The van der Waals surface area contributed by atoms with Crippen LogP contribution in [0.15, 0.2) is 0 Å². The fraction of sp³-hybridized carbons (Fsp3) is 0.812. The molecule has 0 aromatic carbocycles. The minimum atomic E-state index is -1.07. The molecule has 8 heteroatoms. The van der Waals surface area contributed by atoms with Crippen LogP contribution in [0.1, 0.15) is 39.0 Å². The Morgan fingerprint density at radius 3 is 2.50 bits per heavy atom. The largest absolute Gasteiger partial charge is 0.481 e. The van der Waals surface area contributed by atoms with Crippen LogP contribution in [-0.4, -0.2) is 55.2 Å². The Morgan fingerprint density at radius 1 is 1.21 bits per heavy atom. The molecule has 0 spiro atoms. The third kappa shape index (κ3) is 4.67. The highest BCUT2D eigenvalue weighted by Crippen LogP contribution is 2.40. The number of esters is 2. The van der Waals surface area contributed by atoms with Gasteiger partial charge < -0.3 is 24.1 Å². The van der Waals surface area contributed by atoms with Gasteiger partial charge in [0.15, 0.2) is 6.29 Å². The zero-order chi connectivity index (χ0) is 17.7. The molecule has 0 aromatic rings. The lowest BCUT2D eigenvalue weighted by Crippen LogP contribution is -2.37. The molecule has 2 fully saturated rings. The van der Waals surface area contributed by atoms with Gasteiger partial charge in [-0.15, -0.1) is 0 Å². The maximum absolute atomic E-state index is 12.2. The second kappa shape index (κ2) is 8.43. The molecule has 24 heavy (non-hydrogen) atoms. The molecule has 1 saturated carbocycles. The second-order valence-corrected chi connectivity index (χ2v) is 6.16. The number of aliphatic carboxylic acids is 1. The average molecular weight is 344 g/mol. The van der Waals surface area contributed by atoms with E-state index in [-0.39, 0.29) is 12.8 Å². The Hall–Kier alpha value is -1.67. The van der Waals surface area contributed by atoms with Crippen LogP contribution >= 0.6 is 0 Å². The Balaban J connectivity index is 2.17. The van der Waals surface area contributed by atoms with Crippen molar-refractivity contribution in [2.75, 3.05) is 13.7 Å². The van der Waals surface area contributed by atoms with E-state index in [1.54, 1.807) is 0 Å². The molecule has 1 N–H and O–H groups in total. The Kier molecular flexibility index (Phi) is 6.56. The van der Waals surface area contributed by atoms with E-state index < -0.39 is 48.2 Å². The standard InChI is InChI=1S/C16H24O8/c1-9(17)23-11-8-12(24-14-5-3-4-6-22-14)15(16(20)21-2)10(11)7-13(18)19/h10-12,14-15H,3-8H2,1-2H3,(H,18,19). The molecule has 2 aliphatic rings. The normalized spacial score (nSPS) is 33.0. The number of rotatable bonds is 6. The van der Waals surface area contributed by atoms with E-state index in [0.717, 1.165) is 12.8 Å². The first-order valence-electron chi connectivity index (χ1n) is 8.16. The Labute approximate surface area is 140 Å². The molecule has 1 aliphatic heterocycles. The van der Waals surface area contributed by atoms with Gasteiger partial charge in [0.25, 0.3) is 0 Å². The lowest BCUT2D eigenvalue weighted by Gasteiger charge is -2.28. The molecule has 5 atom stereocenters. The maximum atomic E-state index is 12.2. The zero-order valence-corrected chi connectivity index (χ0v) is 13.9. The number of carboxylic acids is 1. The molecule has 1 saturated heterocycles. The fourth-order valence-electron chi connectivity index (χ4n) is 3.48. The summed E-state index contributed by atoms with van der Waals surface area (Å²) in [5.41, 5.74) is 0. The quantitative estimate of drug-likeness (QED) is 0.714. The van der Waals surface area contributed by atoms with E-state index in [4.69, 9.17) is 24.1 Å². The van der Waals surface area contributed by atoms with Gasteiger partial charge in [-0.3, -0.25) is 14.4 Å². The van der Waals surface area contributed by atoms with E-state index in [1.807, 2.05) is 0 Å². The molecule has 5 unspecified atom stereocenters. The van der Waals surface area contributed by atoms with Crippen LogP contribution in [0.3, 0.4) is 0 Å². The number of ether oxygens (including phenoxy) is 4. The average Bonchev–Trinajstić information content (AvgIpc) is 2.83. The Bertz CT molecular complexity index is 471. The maximum Gasteiger partial charge on any atom is 0.311 e. The molecule has 136 valence electrons. The number of carbonyl (C=O) groups excluding carboxylic acids is 2. The van der Waals surface area contributed by atoms with Crippen molar-refractivity contribution in [3.63, 3.8) is 0 Å². The summed E-state index contributed by atoms with van der Waals surface area (Å²) in [5.74, 6) is -3.64. The molecule has 1 heterocycles. The summed E-state index contributed by atoms with van der Waals surface area (Å²) in [6, 6.07) is 0. The smallest absolute Gasteiger partial charge is 0.311 e. The van der Waals surface area contributed by atoms with Crippen LogP contribution in [0.2, 0.25) is 0 Å². The first-order chi connectivity index (χ1) is 11.4. The molecule has 0 bridgehead atoms. The SMILES string of the molecule is COC(=O)C1C(OC2CCCCO2)CC(OC(C)=O)C1CC(=O)O. The van der Waals surface area contributed by atoms with Crippen LogP contribution in [0, 0.1) is 11.8 Å². The lowest BCUT2D eigenvalue weighted by molar-refractivity contribution is -0.200. The molecule has 0 radical (unpaired) electrons. The lowest BCUT2D eigenvalue weighted by atomic mass is 9.90. The third-order valence-corrected chi connectivity index (χ3v) is 4.47. The second-order valence-electron chi connectivity index (χ2n) is 6.16. The van der Waals surface area contributed by atoms with E-state index >= 15 is 0 Å². The molecule has 0 aromatic heterocycles. The van der Waals surface area contributed by atoms with Gasteiger partial charge in [0.1, 0.15) is 6.10 Å².